The van der Waals surface area contributed by atoms with E-state index in [1.165, 1.54) is 5.56 Å². The van der Waals surface area contributed by atoms with E-state index in [1.54, 1.807) is 7.11 Å². The van der Waals surface area contributed by atoms with Gasteiger partial charge in [-0.1, -0.05) is 42.5 Å². The van der Waals surface area contributed by atoms with Crippen LogP contribution in [-0.2, 0) is 20.7 Å². The quantitative estimate of drug-likeness (QED) is 0.724. The molecule has 2 saturated heterocycles. The number of ether oxygens (including phenoxy) is 3. The summed E-state index contributed by atoms with van der Waals surface area (Å²) in [5.74, 6) is 1.43. The van der Waals surface area contributed by atoms with Gasteiger partial charge in [-0.05, 0) is 55.2 Å². The van der Waals surface area contributed by atoms with Crippen LogP contribution < -0.4 is 10.1 Å². The number of carbonyl (C=O) groups excluding carboxylic acids is 1. The molecule has 0 unspecified atom stereocenters. The van der Waals surface area contributed by atoms with Gasteiger partial charge in [-0.3, -0.25) is 4.79 Å². The number of rotatable bonds is 7. The maximum absolute atomic E-state index is 13.4. The SMILES string of the molecule is COc1ccccc1-c1cccc(CC2(C(=O)NC[C@H]3CCCOC3)CCOCC2)c1. The number of hydrogen-bond donors (Lipinski definition) is 1. The van der Waals surface area contributed by atoms with E-state index >= 15 is 0 Å². The van der Waals surface area contributed by atoms with Gasteiger partial charge in [0.1, 0.15) is 5.75 Å². The van der Waals surface area contributed by atoms with Crippen LogP contribution in [0.5, 0.6) is 5.75 Å². The Hall–Kier alpha value is -2.37. The van der Waals surface area contributed by atoms with Gasteiger partial charge in [0.2, 0.25) is 5.91 Å². The average Bonchev–Trinajstić information content (AvgIpc) is 2.84. The molecule has 31 heavy (non-hydrogen) atoms. The first-order chi connectivity index (χ1) is 15.2. The smallest absolute Gasteiger partial charge is 0.226 e. The predicted octanol–water partition coefficient (Wildman–Crippen LogP) is 4.24. The van der Waals surface area contributed by atoms with Crippen LogP contribution in [0.15, 0.2) is 48.5 Å². The number of methoxy groups -OCH3 is 1. The van der Waals surface area contributed by atoms with Gasteiger partial charge >= 0.3 is 0 Å². The van der Waals surface area contributed by atoms with Crippen LogP contribution in [0.3, 0.4) is 0 Å². The molecule has 2 fully saturated rings. The number of amides is 1. The maximum Gasteiger partial charge on any atom is 0.226 e. The average molecular weight is 424 g/mol. The molecule has 2 aromatic rings. The highest BCUT2D eigenvalue weighted by atomic mass is 16.5. The van der Waals surface area contributed by atoms with Gasteiger partial charge in [0.05, 0.1) is 19.1 Å². The topological polar surface area (TPSA) is 56.8 Å². The molecule has 2 aromatic carbocycles. The van der Waals surface area contributed by atoms with E-state index in [2.05, 4.69) is 35.6 Å². The molecule has 1 amide bonds. The molecule has 4 rings (SSSR count). The normalized spacial score (nSPS) is 20.7. The summed E-state index contributed by atoms with van der Waals surface area (Å²) in [4.78, 5) is 13.4. The Balaban J connectivity index is 1.51. The molecule has 1 N–H and O–H groups in total. The fourth-order valence-corrected chi connectivity index (χ4v) is 4.76. The summed E-state index contributed by atoms with van der Waals surface area (Å²) < 4.78 is 16.7. The molecule has 0 aromatic heterocycles. The Bertz CT molecular complexity index is 869. The van der Waals surface area contributed by atoms with E-state index in [-0.39, 0.29) is 5.91 Å². The van der Waals surface area contributed by atoms with Crippen LogP contribution in [-0.4, -0.2) is 46.0 Å². The van der Waals surface area contributed by atoms with Crippen molar-refractivity contribution in [2.45, 2.75) is 32.1 Å². The third kappa shape index (κ3) is 5.28. The van der Waals surface area contributed by atoms with Crippen LogP contribution in [0.2, 0.25) is 0 Å². The number of nitrogens with one attached hydrogen (secondary N) is 1. The highest BCUT2D eigenvalue weighted by Gasteiger charge is 2.40. The Morgan fingerprint density at radius 3 is 2.71 bits per heavy atom. The molecule has 5 nitrogen and oxygen atoms in total. The van der Waals surface area contributed by atoms with Crippen molar-refractivity contribution in [3.63, 3.8) is 0 Å². The number of para-hydroxylation sites is 1. The number of carbonyl (C=O) groups is 1. The lowest BCUT2D eigenvalue weighted by molar-refractivity contribution is -0.137. The van der Waals surface area contributed by atoms with Gasteiger partial charge in [-0.2, -0.15) is 0 Å². The Morgan fingerprint density at radius 2 is 1.94 bits per heavy atom. The maximum atomic E-state index is 13.4. The molecule has 2 heterocycles. The van der Waals surface area contributed by atoms with Crippen molar-refractivity contribution in [3.8, 4) is 16.9 Å². The molecule has 0 radical (unpaired) electrons. The van der Waals surface area contributed by atoms with E-state index in [4.69, 9.17) is 14.2 Å². The zero-order valence-corrected chi connectivity index (χ0v) is 18.4. The molecule has 0 bridgehead atoms. The van der Waals surface area contributed by atoms with Gasteiger partial charge < -0.3 is 19.5 Å². The molecular formula is C26H33NO4. The van der Waals surface area contributed by atoms with E-state index < -0.39 is 5.41 Å². The van der Waals surface area contributed by atoms with Crippen LogP contribution in [0.25, 0.3) is 11.1 Å². The summed E-state index contributed by atoms with van der Waals surface area (Å²) in [6.07, 6.45) is 4.41. The fourth-order valence-electron chi connectivity index (χ4n) is 4.76. The van der Waals surface area contributed by atoms with Crippen molar-refractivity contribution in [2.24, 2.45) is 11.3 Å². The lowest BCUT2D eigenvalue weighted by atomic mass is 9.74. The second-order valence-electron chi connectivity index (χ2n) is 8.76. The minimum atomic E-state index is -0.423. The van der Waals surface area contributed by atoms with Crippen molar-refractivity contribution in [1.29, 1.82) is 0 Å². The van der Waals surface area contributed by atoms with Gasteiger partial charge in [-0.15, -0.1) is 0 Å². The van der Waals surface area contributed by atoms with Crippen molar-refractivity contribution < 1.29 is 19.0 Å². The van der Waals surface area contributed by atoms with Crippen LogP contribution in [0, 0.1) is 11.3 Å². The summed E-state index contributed by atoms with van der Waals surface area (Å²) in [5, 5.41) is 3.25. The van der Waals surface area contributed by atoms with Crippen molar-refractivity contribution in [2.75, 3.05) is 40.1 Å². The summed E-state index contributed by atoms with van der Waals surface area (Å²) in [6.45, 7) is 3.55. The summed E-state index contributed by atoms with van der Waals surface area (Å²) >= 11 is 0. The summed E-state index contributed by atoms with van der Waals surface area (Å²) in [7, 11) is 1.70. The molecule has 1 atom stereocenters. The second kappa shape index (κ2) is 10.3. The van der Waals surface area contributed by atoms with Gasteiger partial charge in [0, 0.05) is 31.9 Å². The molecular weight excluding hydrogens is 390 g/mol. The Labute approximate surface area is 185 Å². The molecule has 2 aliphatic rings. The third-order valence-electron chi connectivity index (χ3n) is 6.62. The van der Waals surface area contributed by atoms with E-state index in [0.29, 0.717) is 32.1 Å². The highest BCUT2D eigenvalue weighted by molar-refractivity contribution is 5.83. The predicted molar refractivity (Wildman–Crippen MR) is 121 cm³/mol. The fraction of sp³-hybridized carbons (Fsp3) is 0.500. The first kappa shape index (κ1) is 21.8. The standard InChI is InChI=1S/C26H33NO4/c1-29-24-10-3-2-9-23(24)22-8-4-6-20(16-22)17-26(11-14-30-15-12-26)25(28)27-18-21-7-5-13-31-19-21/h2-4,6,8-10,16,21H,5,7,11-15,17-19H2,1H3,(H,27,28)/t21-/m1/s1. The van der Waals surface area contributed by atoms with Crippen molar-refractivity contribution in [1.82, 2.24) is 5.32 Å². The minimum Gasteiger partial charge on any atom is -0.496 e. The van der Waals surface area contributed by atoms with Crippen molar-refractivity contribution >= 4 is 5.91 Å². The largest absolute Gasteiger partial charge is 0.496 e. The van der Waals surface area contributed by atoms with E-state index in [0.717, 1.165) is 55.8 Å². The number of hydrogen-bond acceptors (Lipinski definition) is 4. The van der Waals surface area contributed by atoms with Gasteiger partial charge in [-0.25, -0.2) is 0 Å². The van der Waals surface area contributed by atoms with Crippen LogP contribution in [0.4, 0.5) is 0 Å². The first-order valence-electron chi connectivity index (χ1n) is 11.4. The molecule has 5 heteroatoms. The van der Waals surface area contributed by atoms with Gasteiger partial charge in [0.25, 0.3) is 0 Å². The molecule has 0 aliphatic carbocycles. The molecule has 2 aliphatic heterocycles. The highest BCUT2D eigenvalue weighted by Crippen LogP contribution is 2.37. The van der Waals surface area contributed by atoms with Gasteiger partial charge in [0.15, 0.2) is 0 Å². The minimum absolute atomic E-state index is 0.157. The summed E-state index contributed by atoms with van der Waals surface area (Å²) in [5.41, 5.74) is 2.92. The summed E-state index contributed by atoms with van der Waals surface area (Å²) in [6, 6.07) is 16.5. The number of benzene rings is 2. The van der Waals surface area contributed by atoms with Crippen LogP contribution >= 0.6 is 0 Å². The van der Waals surface area contributed by atoms with E-state index in [9.17, 15) is 4.79 Å². The monoisotopic (exact) mass is 423 g/mol. The molecule has 0 saturated carbocycles. The second-order valence-corrected chi connectivity index (χ2v) is 8.76. The lowest BCUT2D eigenvalue weighted by Gasteiger charge is -2.36. The zero-order valence-electron chi connectivity index (χ0n) is 18.4. The van der Waals surface area contributed by atoms with E-state index in [1.807, 2.05) is 18.2 Å². The Morgan fingerprint density at radius 1 is 1.10 bits per heavy atom. The van der Waals surface area contributed by atoms with Crippen molar-refractivity contribution in [3.05, 3.63) is 54.1 Å². The van der Waals surface area contributed by atoms with Crippen LogP contribution in [0.1, 0.15) is 31.2 Å². The third-order valence-corrected chi connectivity index (χ3v) is 6.62. The first-order valence-corrected chi connectivity index (χ1v) is 11.4. The Kier molecular flexibility index (Phi) is 7.25. The molecule has 0 spiro atoms. The zero-order chi connectivity index (χ0) is 21.5. The molecule has 166 valence electrons. The lowest BCUT2D eigenvalue weighted by Crippen LogP contribution is -2.47.